The molecule has 3 aromatic rings. The largest absolute Gasteiger partial charge is 0.481 e. The first kappa shape index (κ1) is 21.2. The predicted molar refractivity (Wildman–Crippen MR) is 121 cm³/mol. The number of carboxylic acid groups (broad SMARTS) is 1. The molecule has 1 aromatic heterocycles. The van der Waals surface area contributed by atoms with Crippen LogP contribution in [0.1, 0.15) is 61.0 Å². The van der Waals surface area contributed by atoms with E-state index in [0.29, 0.717) is 17.7 Å². The normalized spacial score (nSPS) is 15.4. The number of oxime groups is 1. The summed E-state index contributed by atoms with van der Waals surface area (Å²) in [6.45, 7) is 0. The zero-order valence-corrected chi connectivity index (χ0v) is 17.7. The lowest BCUT2D eigenvalue weighted by molar-refractivity contribution is -0.141. The predicted octanol–water partition coefficient (Wildman–Crippen LogP) is 5.99. The van der Waals surface area contributed by atoms with Gasteiger partial charge in [-0.1, -0.05) is 54.0 Å². The first-order chi connectivity index (χ1) is 15.2. The average molecular weight is 420 g/mol. The molecule has 0 saturated heterocycles. The van der Waals surface area contributed by atoms with Gasteiger partial charge in [-0.25, -0.2) is 0 Å². The minimum atomic E-state index is -0.861. The van der Waals surface area contributed by atoms with Crippen LogP contribution >= 0.6 is 0 Å². The van der Waals surface area contributed by atoms with E-state index in [0.717, 1.165) is 48.8 Å². The monoisotopic (exact) mass is 419 g/mol. The van der Waals surface area contributed by atoms with E-state index in [-0.39, 0.29) is 6.42 Å². The summed E-state index contributed by atoms with van der Waals surface area (Å²) in [6.07, 6.45) is 7.86. The lowest BCUT2D eigenvalue weighted by atomic mass is 9.92. The molecule has 1 heterocycles. The highest BCUT2D eigenvalue weighted by molar-refractivity contribution is 6.04. The average Bonchev–Trinajstić information content (AvgIpc) is 2.96. The Bertz CT molecular complexity index is 1070. The third-order valence-electron chi connectivity index (χ3n) is 6.31. The van der Waals surface area contributed by atoms with Crippen LogP contribution in [0.3, 0.4) is 0 Å². The summed E-state index contributed by atoms with van der Waals surface area (Å²) < 4.78 is 6.12. The van der Waals surface area contributed by atoms with Gasteiger partial charge in [0.2, 0.25) is 0 Å². The number of hydrogen-bond acceptors (Lipinski definition) is 4. The van der Waals surface area contributed by atoms with E-state index in [2.05, 4.69) is 17.3 Å². The number of aliphatic carboxylic acids is 1. The third-order valence-corrected chi connectivity index (χ3v) is 6.31. The maximum Gasteiger partial charge on any atom is 0.306 e. The first-order valence-electron chi connectivity index (χ1n) is 11.2. The molecule has 0 amide bonds. The molecule has 0 aliphatic heterocycles. The number of nitrogens with zero attached hydrogens (tertiary/aromatic N) is 1. The van der Waals surface area contributed by atoms with Crippen molar-refractivity contribution in [2.24, 2.45) is 11.1 Å². The van der Waals surface area contributed by atoms with Crippen LogP contribution < -0.4 is 0 Å². The van der Waals surface area contributed by atoms with E-state index in [1.54, 1.807) is 0 Å². The van der Waals surface area contributed by atoms with Crippen LogP contribution in [0.15, 0.2) is 58.1 Å². The Labute approximate surface area is 182 Å². The topological polar surface area (TPSA) is 83.0 Å². The molecule has 162 valence electrons. The van der Waals surface area contributed by atoms with Crippen molar-refractivity contribution in [2.75, 3.05) is 0 Å². The second-order valence-corrected chi connectivity index (χ2v) is 8.44. The van der Waals surface area contributed by atoms with Crippen LogP contribution in [-0.2, 0) is 24.1 Å². The molecule has 4 rings (SSSR count). The molecular weight excluding hydrogens is 390 g/mol. The molecule has 0 saturated carbocycles. The van der Waals surface area contributed by atoms with E-state index >= 15 is 0 Å². The number of furan rings is 1. The molecule has 1 aliphatic rings. The van der Waals surface area contributed by atoms with Gasteiger partial charge in [0.1, 0.15) is 11.3 Å². The van der Waals surface area contributed by atoms with Crippen molar-refractivity contribution in [3.05, 3.63) is 71.0 Å². The van der Waals surface area contributed by atoms with Crippen molar-refractivity contribution in [3.8, 4) is 0 Å². The highest BCUT2D eigenvalue weighted by Gasteiger charge is 2.23. The molecule has 0 bridgehead atoms. The van der Waals surface area contributed by atoms with Crippen molar-refractivity contribution in [1.82, 2.24) is 0 Å². The number of fused-ring (bicyclic) bond motifs is 3. The van der Waals surface area contributed by atoms with Crippen molar-refractivity contribution < 1.29 is 19.5 Å². The zero-order chi connectivity index (χ0) is 21.6. The SMILES string of the molecule is O=C(O)[C@@H](CCCc1ccccc1)CC(=NO)c1ccc2c3c(oc2c1)CCCCC3. The Balaban J connectivity index is 1.47. The van der Waals surface area contributed by atoms with Gasteiger partial charge in [0.05, 0.1) is 11.6 Å². The quantitative estimate of drug-likeness (QED) is 0.203. The third kappa shape index (κ3) is 4.98. The van der Waals surface area contributed by atoms with Gasteiger partial charge in [0.15, 0.2) is 0 Å². The number of hydrogen-bond donors (Lipinski definition) is 2. The molecule has 0 spiro atoms. The van der Waals surface area contributed by atoms with Gasteiger partial charge in [-0.05, 0) is 50.2 Å². The molecule has 5 heteroatoms. The van der Waals surface area contributed by atoms with Crippen LogP contribution in [-0.4, -0.2) is 22.0 Å². The lowest BCUT2D eigenvalue weighted by Crippen LogP contribution is -2.19. The summed E-state index contributed by atoms with van der Waals surface area (Å²) in [7, 11) is 0. The Kier molecular flexibility index (Phi) is 6.70. The lowest BCUT2D eigenvalue weighted by Gasteiger charge is -2.13. The molecule has 0 fully saturated rings. The van der Waals surface area contributed by atoms with Gasteiger partial charge in [-0.15, -0.1) is 0 Å². The zero-order valence-electron chi connectivity index (χ0n) is 17.7. The summed E-state index contributed by atoms with van der Waals surface area (Å²) in [5.74, 6) is -0.393. The summed E-state index contributed by atoms with van der Waals surface area (Å²) in [5, 5.41) is 23.9. The molecule has 1 aliphatic carbocycles. The van der Waals surface area contributed by atoms with Crippen molar-refractivity contribution >= 4 is 22.7 Å². The van der Waals surface area contributed by atoms with E-state index in [1.165, 1.54) is 24.0 Å². The Morgan fingerprint density at radius 1 is 1.06 bits per heavy atom. The minimum Gasteiger partial charge on any atom is -0.481 e. The summed E-state index contributed by atoms with van der Waals surface area (Å²) in [4.78, 5) is 11.8. The number of carbonyl (C=O) groups is 1. The van der Waals surface area contributed by atoms with E-state index in [9.17, 15) is 15.1 Å². The molecule has 5 nitrogen and oxygen atoms in total. The molecular formula is C26H29NO4. The van der Waals surface area contributed by atoms with Crippen LogP contribution in [0.5, 0.6) is 0 Å². The second-order valence-electron chi connectivity index (χ2n) is 8.44. The Morgan fingerprint density at radius 2 is 1.87 bits per heavy atom. The van der Waals surface area contributed by atoms with Gasteiger partial charge in [-0.2, -0.15) is 0 Å². The van der Waals surface area contributed by atoms with E-state index < -0.39 is 11.9 Å². The van der Waals surface area contributed by atoms with Crippen LogP contribution in [0, 0.1) is 5.92 Å². The molecule has 2 N–H and O–H groups in total. The summed E-state index contributed by atoms with van der Waals surface area (Å²) in [5.41, 5.74) is 4.40. The van der Waals surface area contributed by atoms with Gasteiger partial charge < -0.3 is 14.7 Å². The highest BCUT2D eigenvalue weighted by Crippen LogP contribution is 2.32. The van der Waals surface area contributed by atoms with Crippen molar-refractivity contribution in [3.63, 3.8) is 0 Å². The van der Waals surface area contributed by atoms with Crippen LogP contribution in [0.4, 0.5) is 0 Å². The fourth-order valence-corrected chi connectivity index (χ4v) is 4.58. The van der Waals surface area contributed by atoms with E-state index in [4.69, 9.17) is 4.42 Å². The van der Waals surface area contributed by atoms with E-state index in [1.807, 2.05) is 36.4 Å². The van der Waals surface area contributed by atoms with Crippen LogP contribution in [0.25, 0.3) is 11.0 Å². The molecule has 0 radical (unpaired) electrons. The highest BCUT2D eigenvalue weighted by atomic mass is 16.4. The Morgan fingerprint density at radius 3 is 2.65 bits per heavy atom. The van der Waals surface area contributed by atoms with Gasteiger partial charge >= 0.3 is 5.97 Å². The number of benzene rings is 2. The maximum atomic E-state index is 11.8. The smallest absolute Gasteiger partial charge is 0.306 e. The summed E-state index contributed by atoms with van der Waals surface area (Å²) in [6, 6.07) is 15.9. The van der Waals surface area contributed by atoms with Gasteiger partial charge in [-0.3, -0.25) is 4.79 Å². The standard InChI is InChI=1S/C26H29NO4/c28-26(29)20(11-7-10-18-8-3-1-4-9-18)16-23(27-30)19-14-15-22-21-12-5-2-6-13-24(21)31-25(22)17-19/h1,3-4,8-9,14-15,17,20,30H,2,5-7,10-13,16H2,(H,28,29)/t20-/m0/s1. The first-order valence-corrected chi connectivity index (χ1v) is 11.2. The fourth-order valence-electron chi connectivity index (χ4n) is 4.58. The number of carboxylic acids is 1. The number of rotatable bonds is 8. The number of aryl methyl sites for hydroxylation is 3. The summed E-state index contributed by atoms with van der Waals surface area (Å²) >= 11 is 0. The molecule has 31 heavy (non-hydrogen) atoms. The van der Waals surface area contributed by atoms with Crippen molar-refractivity contribution in [2.45, 2.75) is 57.8 Å². The maximum absolute atomic E-state index is 11.8. The molecule has 0 unspecified atom stereocenters. The molecule has 2 aromatic carbocycles. The van der Waals surface area contributed by atoms with Gasteiger partial charge in [0, 0.05) is 29.4 Å². The second kappa shape index (κ2) is 9.82. The Hall–Kier alpha value is -3.08. The fraction of sp³-hybridized carbons (Fsp3) is 0.385. The van der Waals surface area contributed by atoms with Crippen LogP contribution in [0.2, 0.25) is 0 Å². The van der Waals surface area contributed by atoms with Crippen molar-refractivity contribution in [1.29, 1.82) is 0 Å². The van der Waals surface area contributed by atoms with Gasteiger partial charge in [0.25, 0.3) is 0 Å². The molecule has 1 atom stereocenters. The minimum absolute atomic E-state index is 0.187.